The van der Waals surface area contributed by atoms with Gasteiger partial charge in [0.25, 0.3) is 0 Å². The number of thioether (sulfide) groups is 1. The Balaban J connectivity index is 4.24. The van der Waals surface area contributed by atoms with Gasteiger partial charge in [0.1, 0.15) is 16.9 Å². The van der Waals surface area contributed by atoms with Crippen LogP contribution < -0.4 is 5.32 Å². The maximum atomic E-state index is 11.0. The summed E-state index contributed by atoms with van der Waals surface area (Å²) in [4.78, 5) is 21.7. The van der Waals surface area contributed by atoms with Gasteiger partial charge in [0.15, 0.2) is 0 Å². The maximum Gasteiger partial charge on any atom is 0.345 e. The molecular formula is C11H14N2O4S. The van der Waals surface area contributed by atoms with E-state index in [1.54, 1.807) is 5.40 Å². The van der Waals surface area contributed by atoms with E-state index in [9.17, 15) is 9.59 Å². The molecule has 0 saturated heterocycles. The van der Waals surface area contributed by atoms with Crippen LogP contribution in [0.25, 0.3) is 0 Å². The zero-order valence-electron chi connectivity index (χ0n) is 10.1. The average Bonchev–Trinajstić information content (AvgIpc) is 2.30. The normalized spacial score (nSPS) is 10.9. The number of esters is 1. The highest BCUT2D eigenvalue weighted by molar-refractivity contribution is 8.08. The topological polar surface area (TPSA) is 99.4 Å². The van der Waals surface area contributed by atoms with E-state index in [1.807, 2.05) is 0 Å². The smallest absolute Gasteiger partial charge is 0.345 e. The van der Waals surface area contributed by atoms with Gasteiger partial charge in [0.05, 0.1) is 0 Å². The largest absolute Gasteiger partial charge is 0.477 e. The average molecular weight is 270 g/mol. The molecule has 0 radical (unpaired) electrons. The third-order valence-corrected chi connectivity index (χ3v) is 2.53. The van der Waals surface area contributed by atoms with E-state index in [0.717, 1.165) is 0 Å². The summed E-state index contributed by atoms with van der Waals surface area (Å²) in [5.41, 5.74) is 0.647. The lowest BCUT2D eigenvalue weighted by atomic mass is 10.4. The van der Waals surface area contributed by atoms with Crippen molar-refractivity contribution in [3.63, 3.8) is 0 Å². The number of allylic oxidation sites excluding steroid dienone is 1. The Labute approximate surface area is 109 Å². The van der Waals surface area contributed by atoms with Gasteiger partial charge in [-0.25, -0.2) is 9.59 Å². The number of ether oxygens (including phenoxy) is 1. The van der Waals surface area contributed by atoms with Crippen LogP contribution in [0.5, 0.6) is 0 Å². The molecule has 0 aliphatic carbocycles. The fraction of sp³-hybridized carbons (Fsp3) is 0.364. The quantitative estimate of drug-likeness (QED) is 0.310. The maximum absolute atomic E-state index is 11.0. The van der Waals surface area contributed by atoms with Gasteiger partial charge in [-0.05, 0) is 25.6 Å². The van der Waals surface area contributed by atoms with Gasteiger partial charge in [0.2, 0.25) is 0 Å². The summed E-state index contributed by atoms with van der Waals surface area (Å²) in [6.45, 7) is 6.84. The van der Waals surface area contributed by atoms with Crippen molar-refractivity contribution in [3.8, 4) is 5.40 Å². The zero-order valence-corrected chi connectivity index (χ0v) is 11.0. The van der Waals surface area contributed by atoms with Gasteiger partial charge in [0, 0.05) is 17.8 Å². The molecule has 98 valence electrons. The monoisotopic (exact) mass is 270 g/mol. The summed E-state index contributed by atoms with van der Waals surface area (Å²) < 4.78 is 4.81. The van der Waals surface area contributed by atoms with Crippen LogP contribution in [-0.2, 0) is 14.3 Å². The lowest BCUT2D eigenvalue weighted by Gasteiger charge is -2.09. The second-order valence-corrected chi connectivity index (χ2v) is 4.09. The highest BCUT2D eigenvalue weighted by Crippen LogP contribution is 2.17. The first-order chi connectivity index (χ1) is 8.40. The standard InChI is InChI=1S/C11H14N2O4S/c1-7(2)11(16)17-5-4-13-8(3)9(10(14)15)18-6-12/h13H,1,4-5H2,2-3H3,(H,14,15)/b9-8+. The molecule has 0 unspecified atom stereocenters. The van der Waals surface area contributed by atoms with Gasteiger partial charge in [-0.1, -0.05) is 6.58 Å². The fourth-order valence-corrected chi connectivity index (χ4v) is 1.32. The van der Waals surface area contributed by atoms with Crippen LogP contribution in [0.1, 0.15) is 13.8 Å². The molecule has 0 aliphatic heterocycles. The Bertz CT molecular complexity index is 423. The lowest BCUT2D eigenvalue weighted by Crippen LogP contribution is -2.22. The number of carboxylic acids is 1. The van der Waals surface area contributed by atoms with Gasteiger partial charge in [-0.2, -0.15) is 5.26 Å². The molecule has 0 aromatic carbocycles. The number of thiocyanates is 1. The fourth-order valence-electron chi connectivity index (χ4n) is 0.912. The molecule has 0 aromatic heterocycles. The molecule has 18 heavy (non-hydrogen) atoms. The van der Waals surface area contributed by atoms with Crippen LogP contribution in [0.4, 0.5) is 0 Å². The minimum absolute atomic E-state index is 0.0799. The molecular weight excluding hydrogens is 256 g/mol. The van der Waals surface area contributed by atoms with Crippen molar-refractivity contribution in [2.24, 2.45) is 0 Å². The number of hydrogen-bond donors (Lipinski definition) is 2. The molecule has 0 bridgehead atoms. The molecule has 7 heteroatoms. The van der Waals surface area contributed by atoms with E-state index in [1.165, 1.54) is 13.8 Å². The van der Waals surface area contributed by atoms with Gasteiger partial charge >= 0.3 is 11.9 Å². The summed E-state index contributed by atoms with van der Waals surface area (Å²) in [5, 5.41) is 21.7. The van der Waals surface area contributed by atoms with Crippen molar-refractivity contribution in [2.45, 2.75) is 13.8 Å². The van der Waals surface area contributed by atoms with Crippen molar-refractivity contribution in [1.82, 2.24) is 5.32 Å². The number of nitrogens with zero attached hydrogens (tertiary/aromatic N) is 1. The van der Waals surface area contributed by atoms with Gasteiger partial charge in [-0.15, -0.1) is 0 Å². The summed E-state index contributed by atoms with van der Waals surface area (Å²) in [7, 11) is 0. The molecule has 2 N–H and O–H groups in total. The first kappa shape index (κ1) is 16.1. The van der Waals surface area contributed by atoms with Crippen LogP contribution in [0, 0.1) is 10.7 Å². The van der Waals surface area contributed by atoms with E-state index in [0.29, 0.717) is 23.0 Å². The second kappa shape index (κ2) is 8.20. The minimum Gasteiger partial charge on any atom is -0.477 e. The highest BCUT2D eigenvalue weighted by atomic mass is 32.2. The highest BCUT2D eigenvalue weighted by Gasteiger charge is 2.12. The number of carbonyl (C=O) groups excluding carboxylic acids is 1. The third-order valence-electron chi connectivity index (χ3n) is 1.76. The van der Waals surface area contributed by atoms with E-state index in [-0.39, 0.29) is 18.1 Å². The van der Waals surface area contributed by atoms with Crippen LogP contribution in [0.15, 0.2) is 22.8 Å². The first-order valence-electron chi connectivity index (χ1n) is 4.96. The Morgan fingerprint density at radius 3 is 2.56 bits per heavy atom. The number of rotatable bonds is 7. The van der Waals surface area contributed by atoms with Crippen molar-refractivity contribution in [1.29, 1.82) is 5.26 Å². The van der Waals surface area contributed by atoms with Crippen LogP contribution >= 0.6 is 11.8 Å². The van der Waals surface area contributed by atoms with Crippen molar-refractivity contribution < 1.29 is 19.4 Å². The molecule has 0 saturated carbocycles. The van der Waals surface area contributed by atoms with Crippen molar-refractivity contribution >= 4 is 23.7 Å². The number of hydrogen-bond acceptors (Lipinski definition) is 6. The molecule has 0 aliphatic rings. The minimum atomic E-state index is -1.18. The number of carboxylic acid groups (broad SMARTS) is 1. The van der Waals surface area contributed by atoms with E-state index >= 15 is 0 Å². The van der Waals surface area contributed by atoms with Crippen molar-refractivity contribution in [2.75, 3.05) is 13.2 Å². The summed E-state index contributed by atoms with van der Waals surface area (Å²) >= 11 is 0.563. The second-order valence-electron chi connectivity index (χ2n) is 3.30. The number of aliphatic carboxylic acids is 1. The molecule has 0 aromatic rings. The molecule has 0 spiro atoms. The van der Waals surface area contributed by atoms with E-state index in [4.69, 9.17) is 15.1 Å². The zero-order chi connectivity index (χ0) is 14.1. The Morgan fingerprint density at radius 2 is 2.11 bits per heavy atom. The molecule has 0 amide bonds. The number of nitriles is 1. The molecule has 0 heterocycles. The lowest BCUT2D eigenvalue weighted by molar-refractivity contribution is -0.138. The van der Waals surface area contributed by atoms with Crippen molar-refractivity contribution in [3.05, 3.63) is 22.8 Å². The van der Waals surface area contributed by atoms with Gasteiger partial charge in [-0.3, -0.25) is 0 Å². The Morgan fingerprint density at radius 1 is 1.50 bits per heavy atom. The summed E-state index contributed by atoms with van der Waals surface area (Å²) in [6, 6.07) is 0. The summed E-state index contributed by atoms with van der Waals surface area (Å²) in [5.74, 6) is -1.67. The predicted octanol–water partition coefficient (Wildman–Crippen LogP) is 1.23. The Kier molecular flexibility index (Phi) is 7.31. The SMILES string of the molecule is C=C(C)C(=O)OCCN/C(C)=C(/SC#N)C(=O)O. The molecule has 0 fully saturated rings. The molecule has 0 rings (SSSR count). The van der Waals surface area contributed by atoms with Crippen LogP contribution in [-0.4, -0.2) is 30.2 Å². The van der Waals surface area contributed by atoms with E-state index < -0.39 is 11.9 Å². The number of carbonyl (C=O) groups is 2. The van der Waals surface area contributed by atoms with Crippen LogP contribution in [0.3, 0.4) is 0 Å². The summed E-state index contributed by atoms with van der Waals surface area (Å²) in [6.07, 6.45) is 0. The molecule has 6 nitrogen and oxygen atoms in total. The Hall–Kier alpha value is -1.94. The predicted molar refractivity (Wildman–Crippen MR) is 67.3 cm³/mol. The van der Waals surface area contributed by atoms with Crippen LogP contribution in [0.2, 0.25) is 0 Å². The van der Waals surface area contributed by atoms with Gasteiger partial charge < -0.3 is 15.2 Å². The first-order valence-corrected chi connectivity index (χ1v) is 5.78. The third kappa shape index (κ3) is 5.96. The van der Waals surface area contributed by atoms with E-state index in [2.05, 4.69) is 11.9 Å². The number of nitrogens with one attached hydrogen (secondary N) is 1. The molecule has 0 atom stereocenters.